The van der Waals surface area contributed by atoms with Crippen molar-refractivity contribution < 1.29 is 4.74 Å². The average molecular weight is 181 g/mol. The zero-order valence-electron chi connectivity index (χ0n) is 8.30. The standard InChI is InChI=1S/C11H19NO/c13-12-9-5-4-8-11(10-12)6-2-1-3-7-11/h10H,1-9H2. The fourth-order valence-corrected chi connectivity index (χ4v) is 2.81. The number of hydrogen-bond donors (Lipinski definition) is 0. The molecule has 2 nitrogen and oxygen atoms in total. The van der Waals surface area contributed by atoms with Gasteiger partial charge in [-0.2, -0.15) is 0 Å². The van der Waals surface area contributed by atoms with E-state index in [0.29, 0.717) is 5.41 Å². The molecule has 0 saturated heterocycles. The van der Waals surface area contributed by atoms with Gasteiger partial charge in [-0.1, -0.05) is 19.3 Å². The van der Waals surface area contributed by atoms with Gasteiger partial charge in [0, 0.05) is 11.8 Å². The van der Waals surface area contributed by atoms with Gasteiger partial charge >= 0.3 is 0 Å². The van der Waals surface area contributed by atoms with Crippen LogP contribution in [-0.2, 0) is 0 Å². The van der Waals surface area contributed by atoms with Crippen molar-refractivity contribution in [3.05, 3.63) is 5.21 Å². The summed E-state index contributed by atoms with van der Waals surface area (Å²) in [6.07, 6.45) is 12.1. The number of hydroxylamine groups is 1. The normalized spacial score (nSPS) is 28.2. The van der Waals surface area contributed by atoms with Gasteiger partial charge in [-0.25, -0.2) is 4.74 Å². The summed E-state index contributed by atoms with van der Waals surface area (Å²) >= 11 is 0. The summed E-state index contributed by atoms with van der Waals surface area (Å²) in [4.78, 5) is 0. The fourth-order valence-electron chi connectivity index (χ4n) is 2.81. The van der Waals surface area contributed by atoms with Crippen LogP contribution < -0.4 is 0 Å². The lowest BCUT2D eigenvalue weighted by atomic mass is 9.72. The molecule has 0 amide bonds. The Labute approximate surface area is 80.2 Å². The van der Waals surface area contributed by atoms with E-state index in [1.165, 1.54) is 49.7 Å². The Kier molecular flexibility index (Phi) is 2.56. The summed E-state index contributed by atoms with van der Waals surface area (Å²) in [6, 6.07) is 0. The van der Waals surface area contributed by atoms with E-state index in [0.717, 1.165) is 13.0 Å². The second-order valence-corrected chi connectivity index (χ2v) is 4.65. The monoisotopic (exact) mass is 181 g/mol. The Morgan fingerprint density at radius 2 is 1.54 bits per heavy atom. The zero-order chi connectivity index (χ0) is 9.15. The van der Waals surface area contributed by atoms with Crippen LogP contribution in [0.15, 0.2) is 0 Å². The molecule has 2 heteroatoms. The average Bonchev–Trinajstić information content (AvgIpc) is 2.29. The van der Waals surface area contributed by atoms with Crippen LogP contribution in [-0.4, -0.2) is 17.5 Å². The van der Waals surface area contributed by atoms with Gasteiger partial charge in [-0.15, -0.1) is 0 Å². The predicted molar refractivity (Wildman–Crippen MR) is 53.9 cm³/mol. The summed E-state index contributed by atoms with van der Waals surface area (Å²) in [7, 11) is 0. The van der Waals surface area contributed by atoms with E-state index in [1.807, 2.05) is 6.21 Å². The van der Waals surface area contributed by atoms with E-state index in [4.69, 9.17) is 0 Å². The first-order valence-electron chi connectivity index (χ1n) is 5.61. The Balaban J connectivity index is 2.12. The fraction of sp³-hybridized carbons (Fsp3) is 0.909. The van der Waals surface area contributed by atoms with E-state index in [1.54, 1.807) is 0 Å². The molecule has 1 heterocycles. The molecule has 0 bridgehead atoms. The minimum absolute atomic E-state index is 0.302. The molecule has 0 N–H and O–H groups in total. The van der Waals surface area contributed by atoms with Gasteiger partial charge in [-0.3, -0.25) is 0 Å². The Morgan fingerprint density at radius 1 is 0.923 bits per heavy atom. The van der Waals surface area contributed by atoms with Gasteiger partial charge in [-0.05, 0) is 25.7 Å². The Hall–Kier alpha value is -0.530. The van der Waals surface area contributed by atoms with Crippen LogP contribution >= 0.6 is 0 Å². The number of rotatable bonds is 0. The van der Waals surface area contributed by atoms with Crippen molar-refractivity contribution in [2.24, 2.45) is 5.41 Å². The van der Waals surface area contributed by atoms with E-state index in [9.17, 15) is 5.21 Å². The topological polar surface area (TPSA) is 26.1 Å². The van der Waals surface area contributed by atoms with E-state index < -0.39 is 0 Å². The van der Waals surface area contributed by atoms with Gasteiger partial charge in [0.2, 0.25) is 0 Å². The molecule has 1 saturated carbocycles. The second kappa shape index (κ2) is 3.69. The van der Waals surface area contributed by atoms with Gasteiger partial charge in [0.05, 0.1) is 0 Å². The number of hydrogen-bond acceptors (Lipinski definition) is 1. The molecule has 1 aliphatic carbocycles. The highest BCUT2D eigenvalue weighted by Crippen LogP contribution is 2.39. The molecule has 13 heavy (non-hydrogen) atoms. The maximum Gasteiger partial charge on any atom is 0.157 e. The lowest BCUT2D eigenvalue weighted by molar-refractivity contribution is -0.455. The van der Waals surface area contributed by atoms with Crippen molar-refractivity contribution in [1.29, 1.82) is 0 Å². The molecule has 0 unspecified atom stereocenters. The summed E-state index contributed by atoms with van der Waals surface area (Å²) in [5, 5.41) is 11.4. The summed E-state index contributed by atoms with van der Waals surface area (Å²) in [5.74, 6) is 0. The van der Waals surface area contributed by atoms with Gasteiger partial charge in [0.25, 0.3) is 0 Å². The lowest BCUT2D eigenvalue weighted by Gasteiger charge is -2.31. The van der Waals surface area contributed by atoms with Crippen molar-refractivity contribution in [2.75, 3.05) is 6.54 Å². The summed E-state index contributed by atoms with van der Waals surface area (Å²) < 4.78 is 1.19. The lowest BCUT2D eigenvalue weighted by Crippen LogP contribution is -2.27. The third kappa shape index (κ3) is 2.04. The quantitative estimate of drug-likeness (QED) is 0.417. The molecule has 0 atom stereocenters. The molecule has 1 spiro atoms. The molecule has 0 aromatic heterocycles. The molecule has 1 aliphatic heterocycles. The maximum atomic E-state index is 11.4. The molecular formula is C11H19NO. The van der Waals surface area contributed by atoms with Crippen LogP contribution in [0, 0.1) is 10.6 Å². The zero-order valence-corrected chi connectivity index (χ0v) is 8.30. The van der Waals surface area contributed by atoms with Crippen LogP contribution in [0.3, 0.4) is 0 Å². The smallest absolute Gasteiger partial charge is 0.157 e. The first-order chi connectivity index (χ1) is 6.31. The molecular weight excluding hydrogens is 162 g/mol. The Bertz CT molecular complexity index is 204. The summed E-state index contributed by atoms with van der Waals surface area (Å²) in [5.41, 5.74) is 0.302. The van der Waals surface area contributed by atoms with E-state index >= 15 is 0 Å². The highest BCUT2D eigenvalue weighted by Gasteiger charge is 2.34. The minimum Gasteiger partial charge on any atom is -0.624 e. The third-order valence-electron chi connectivity index (χ3n) is 3.57. The van der Waals surface area contributed by atoms with Crippen molar-refractivity contribution in [3.63, 3.8) is 0 Å². The first-order valence-corrected chi connectivity index (χ1v) is 5.61. The third-order valence-corrected chi connectivity index (χ3v) is 3.57. The van der Waals surface area contributed by atoms with Gasteiger partial charge in [0.1, 0.15) is 0 Å². The predicted octanol–water partition coefficient (Wildman–Crippen LogP) is 2.70. The van der Waals surface area contributed by atoms with Crippen LogP contribution in [0.2, 0.25) is 0 Å². The molecule has 2 aliphatic rings. The van der Waals surface area contributed by atoms with Gasteiger partial charge < -0.3 is 5.21 Å². The minimum atomic E-state index is 0.302. The molecule has 74 valence electrons. The van der Waals surface area contributed by atoms with Crippen LogP contribution in [0.25, 0.3) is 0 Å². The molecule has 2 rings (SSSR count). The number of nitrogens with zero attached hydrogens (tertiary/aromatic N) is 1. The highest BCUT2D eigenvalue weighted by atomic mass is 16.5. The molecule has 0 aromatic rings. The highest BCUT2D eigenvalue weighted by molar-refractivity contribution is 5.61. The molecule has 0 radical (unpaired) electrons. The van der Waals surface area contributed by atoms with Crippen LogP contribution in [0.5, 0.6) is 0 Å². The maximum absolute atomic E-state index is 11.4. The van der Waals surface area contributed by atoms with Crippen molar-refractivity contribution >= 4 is 6.21 Å². The van der Waals surface area contributed by atoms with Crippen LogP contribution in [0.4, 0.5) is 0 Å². The van der Waals surface area contributed by atoms with Crippen molar-refractivity contribution in [2.45, 2.75) is 51.4 Å². The second-order valence-electron chi connectivity index (χ2n) is 4.65. The van der Waals surface area contributed by atoms with Crippen LogP contribution in [0.1, 0.15) is 51.4 Å². The first kappa shape index (κ1) is 9.04. The SMILES string of the molecule is [O-][N+]1=CC2(CCCCC2)CCCC1. The largest absolute Gasteiger partial charge is 0.624 e. The Morgan fingerprint density at radius 3 is 2.23 bits per heavy atom. The molecule has 0 aromatic carbocycles. The summed E-state index contributed by atoms with van der Waals surface area (Å²) in [6.45, 7) is 0.724. The molecule has 1 fully saturated rings. The van der Waals surface area contributed by atoms with Gasteiger partial charge in [0.15, 0.2) is 12.8 Å². The van der Waals surface area contributed by atoms with E-state index in [-0.39, 0.29) is 0 Å². The van der Waals surface area contributed by atoms with Crippen molar-refractivity contribution in [3.8, 4) is 0 Å². The van der Waals surface area contributed by atoms with Crippen molar-refractivity contribution in [1.82, 2.24) is 0 Å². The van der Waals surface area contributed by atoms with E-state index in [2.05, 4.69) is 0 Å².